The molecule has 0 spiro atoms. The Labute approximate surface area is 102 Å². The zero-order valence-electron chi connectivity index (χ0n) is 9.35. The lowest BCUT2D eigenvalue weighted by atomic mass is 10.3. The van der Waals surface area contributed by atoms with Gasteiger partial charge in [-0.05, 0) is 0 Å². The summed E-state index contributed by atoms with van der Waals surface area (Å²) >= 11 is 0. The fraction of sp³-hybridized carbons (Fsp3) is 0.500. The summed E-state index contributed by atoms with van der Waals surface area (Å²) in [6, 6.07) is 1.43. The first-order valence-corrected chi connectivity index (χ1v) is 6.71. The SMILES string of the molecule is Nc1cc[n+](C[C@@H](CO)OCP(=O)([O-])O)c(=O)[nH]1. The maximum absolute atomic E-state index is 11.4. The van der Waals surface area contributed by atoms with Gasteiger partial charge < -0.3 is 29.9 Å². The van der Waals surface area contributed by atoms with Gasteiger partial charge in [0.25, 0.3) is 0 Å². The molecule has 18 heavy (non-hydrogen) atoms. The molecule has 1 heterocycles. The fourth-order valence-electron chi connectivity index (χ4n) is 1.20. The summed E-state index contributed by atoms with van der Waals surface area (Å²) in [5.41, 5.74) is 4.82. The molecule has 5 N–H and O–H groups in total. The average Bonchev–Trinajstić information content (AvgIpc) is 2.25. The van der Waals surface area contributed by atoms with E-state index in [1.165, 1.54) is 12.3 Å². The molecule has 0 aliphatic rings. The van der Waals surface area contributed by atoms with Crippen LogP contribution in [0.5, 0.6) is 0 Å². The van der Waals surface area contributed by atoms with Crippen LogP contribution in [0.3, 0.4) is 0 Å². The van der Waals surface area contributed by atoms with Crippen LogP contribution in [0.25, 0.3) is 0 Å². The number of anilines is 1. The molecule has 0 aromatic carbocycles. The van der Waals surface area contributed by atoms with Gasteiger partial charge in [-0.1, -0.05) is 0 Å². The summed E-state index contributed by atoms with van der Waals surface area (Å²) in [5.74, 6) is 0.178. The molecule has 1 aromatic rings. The molecule has 1 unspecified atom stereocenters. The van der Waals surface area contributed by atoms with Gasteiger partial charge in [-0.2, -0.15) is 14.3 Å². The summed E-state index contributed by atoms with van der Waals surface area (Å²) in [4.78, 5) is 32.8. The van der Waals surface area contributed by atoms with Gasteiger partial charge in [0.1, 0.15) is 25.2 Å². The zero-order chi connectivity index (χ0) is 13.8. The Hall–Kier alpha value is -1.25. The predicted molar refractivity (Wildman–Crippen MR) is 58.3 cm³/mol. The molecule has 0 aliphatic carbocycles. The summed E-state index contributed by atoms with van der Waals surface area (Å²) in [5, 5.41) is 8.98. The molecule has 1 rings (SSSR count). The van der Waals surface area contributed by atoms with E-state index in [1.54, 1.807) is 0 Å². The molecule has 0 fully saturated rings. The summed E-state index contributed by atoms with van der Waals surface area (Å²) < 4.78 is 16.4. The number of hydrogen-bond acceptors (Lipinski definition) is 6. The highest BCUT2D eigenvalue weighted by Gasteiger charge is 2.16. The number of rotatable bonds is 6. The Kier molecular flexibility index (Phi) is 5.00. The number of hydrogen-bond donors (Lipinski definition) is 4. The van der Waals surface area contributed by atoms with E-state index >= 15 is 0 Å². The Balaban J connectivity index is 2.68. The molecule has 0 bridgehead atoms. The minimum absolute atomic E-state index is 0.0773. The number of aliphatic hydroxyl groups is 1. The van der Waals surface area contributed by atoms with Gasteiger partial charge in [0, 0.05) is 6.07 Å². The van der Waals surface area contributed by atoms with E-state index in [9.17, 15) is 14.3 Å². The van der Waals surface area contributed by atoms with Crippen molar-refractivity contribution < 1.29 is 28.8 Å². The summed E-state index contributed by atoms with van der Waals surface area (Å²) in [6.45, 7) is -0.580. The molecule has 1 aromatic heterocycles. The van der Waals surface area contributed by atoms with Crippen LogP contribution in [0.2, 0.25) is 0 Å². The van der Waals surface area contributed by atoms with E-state index in [1.807, 2.05) is 0 Å². The molecule has 0 amide bonds. The van der Waals surface area contributed by atoms with Gasteiger partial charge in [-0.15, -0.1) is 0 Å². The topological polar surface area (TPSA) is 153 Å². The highest BCUT2D eigenvalue weighted by Crippen LogP contribution is 2.28. The standard InChI is InChI=1S/C8H14N3O6P/c9-7-1-2-11(8(13)10-7)3-6(4-12)17-5-18(14,15)16/h1-2,6,12H,3-5H2,(H4,9,10,13,14,15,16)/t6-/m0/s1. The molecule has 102 valence electrons. The van der Waals surface area contributed by atoms with Gasteiger partial charge in [0.15, 0.2) is 13.4 Å². The molecule has 10 heteroatoms. The second-order valence-corrected chi connectivity index (χ2v) is 5.12. The van der Waals surface area contributed by atoms with Crippen molar-refractivity contribution in [2.45, 2.75) is 12.6 Å². The molecule has 2 atom stereocenters. The third-order valence-corrected chi connectivity index (χ3v) is 2.50. The summed E-state index contributed by atoms with van der Waals surface area (Å²) in [7, 11) is -4.56. The minimum atomic E-state index is -4.56. The lowest BCUT2D eigenvalue weighted by molar-refractivity contribution is -0.720. The van der Waals surface area contributed by atoms with E-state index in [0.717, 1.165) is 4.57 Å². The van der Waals surface area contributed by atoms with Gasteiger partial charge >= 0.3 is 5.69 Å². The number of nitrogens with zero attached hydrogens (tertiary/aromatic N) is 1. The summed E-state index contributed by atoms with van der Waals surface area (Å²) in [6.07, 6.45) is -0.490. The third-order valence-electron chi connectivity index (χ3n) is 2.02. The zero-order valence-corrected chi connectivity index (χ0v) is 10.2. The highest BCUT2D eigenvalue weighted by atomic mass is 31.2. The number of nitrogens with one attached hydrogen (secondary N) is 1. The minimum Gasteiger partial charge on any atom is -0.777 e. The van der Waals surface area contributed by atoms with Crippen molar-refractivity contribution in [3.8, 4) is 0 Å². The van der Waals surface area contributed by atoms with E-state index in [4.69, 9.17) is 20.5 Å². The van der Waals surface area contributed by atoms with E-state index in [-0.39, 0.29) is 12.4 Å². The van der Waals surface area contributed by atoms with E-state index in [0.29, 0.717) is 0 Å². The Morgan fingerprint density at radius 3 is 2.83 bits per heavy atom. The average molecular weight is 279 g/mol. The molecule has 0 saturated carbocycles. The van der Waals surface area contributed by atoms with Crippen molar-refractivity contribution in [3.63, 3.8) is 0 Å². The second kappa shape index (κ2) is 6.07. The maximum atomic E-state index is 11.4. The Bertz CT molecular complexity index is 498. The molecule has 0 radical (unpaired) electrons. The number of nitrogen functional groups attached to an aromatic ring is 1. The molecule has 0 aliphatic heterocycles. The molecular formula is C8H14N3O6P. The first-order valence-electron chi connectivity index (χ1n) is 4.95. The number of aliphatic hydroxyl groups excluding tert-OH is 1. The van der Waals surface area contributed by atoms with Crippen LogP contribution in [0.1, 0.15) is 0 Å². The van der Waals surface area contributed by atoms with Crippen LogP contribution in [-0.2, 0) is 15.8 Å². The van der Waals surface area contributed by atoms with Gasteiger partial charge in [0.05, 0.1) is 6.61 Å². The number of aromatic amines is 1. The smallest absolute Gasteiger partial charge is 0.497 e. The predicted octanol–water partition coefficient (Wildman–Crippen LogP) is -2.87. The Morgan fingerprint density at radius 1 is 1.67 bits per heavy atom. The second-order valence-electron chi connectivity index (χ2n) is 3.59. The van der Waals surface area contributed by atoms with Crippen molar-refractivity contribution in [1.82, 2.24) is 4.98 Å². The van der Waals surface area contributed by atoms with Crippen molar-refractivity contribution in [2.75, 3.05) is 18.7 Å². The van der Waals surface area contributed by atoms with E-state index in [2.05, 4.69) is 4.98 Å². The quantitative estimate of drug-likeness (QED) is 0.322. The normalized spacial score (nSPS) is 16.2. The third kappa shape index (κ3) is 4.94. The number of ether oxygens (including phenoxy) is 1. The van der Waals surface area contributed by atoms with Gasteiger partial charge in [0.2, 0.25) is 0 Å². The van der Waals surface area contributed by atoms with Crippen LogP contribution in [-0.4, -0.2) is 34.0 Å². The maximum Gasteiger partial charge on any atom is 0.497 e. The van der Waals surface area contributed by atoms with Gasteiger partial charge in [-0.25, -0.2) is 0 Å². The van der Waals surface area contributed by atoms with Crippen LogP contribution >= 0.6 is 7.60 Å². The van der Waals surface area contributed by atoms with Crippen LogP contribution in [0.4, 0.5) is 5.82 Å². The number of H-pyrrole nitrogens is 1. The lowest BCUT2D eigenvalue weighted by Gasteiger charge is -2.19. The van der Waals surface area contributed by atoms with Crippen LogP contribution in [0, 0.1) is 0 Å². The first-order chi connectivity index (χ1) is 8.31. The van der Waals surface area contributed by atoms with Crippen molar-refractivity contribution in [3.05, 3.63) is 22.7 Å². The van der Waals surface area contributed by atoms with E-state index < -0.39 is 32.3 Å². The molecule has 9 nitrogen and oxygen atoms in total. The van der Waals surface area contributed by atoms with Crippen LogP contribution < -0.4 is 20.9 Å². The van der Waals surface area contributed by atoms with Crippen LogP contribution in [0.15, 0.2) is 17.1 Å². The first kappa shape index (κ1) is 14.8. The molecular weight excluding hydrogens is 265 g/mol. The lowest BCUT2D eigenvalue weighted by Crippen LogP contribution is -2.55. The largest absolute Gasteiger partial charge is 0.777 e. The van der Waals surface area contributed by atoms with Crippen molar-refractivity contribution in [1.29, 1.82) is 0 Å². The van der Waals surface area contributed by atoms with Crippen molar-refractivity contribution >= 4 is 13.4 Å². The number of aromatic nitrogens is 2. The number of nitrogens with two attached hydrogens (primary N) is 1. The Morgan fingerprint density at radius 2 is 2.33 bits per heavy atom. The monoisotopic (exact) mass is 279 g/mol. The molecule has 0 saturated heterocycles. The fourth-order valence-corrected chi connectivity index (χ4v) is 1.60. The highest BCUT2D eigenvalue weighted by molar-refractivity contribution is 7.50. The van der Waals surface area contributed by atoms with Gasteiger partial charge in [-0.3, -0.25) is 0 Å². The van der Waals surface area contributed by atoms with Crippen molar-refractivity contribution in [2.24, 2.45) is 0 Å².